The molecule has 0 aromatic heterocycles. The van der Waals surface area contributed by atoms with Crippen LogP contribution in [0.15, 0.2) is 17.0 Å². The second-order valence-electron chi connectivity index (χ2n) is 5.87. The Labute approximate surface area is 126 Å². The van der Waals surface area contributed by atoms with Crippen molar-refractivity contribution in [1.82, 2.24) is 4.90 Å². The van der Waals surface area contributed by atoms with Gasteiger partial charge < -0.3 is 15.5 Å². The molecule has 4 N–H and O–H groups in total. The molecule has 0 bridgehead atoms. The first-order chi connectivity index (χ1) is 9.70. The van der Waals surface area contributed by atoms with Crippen molar-refractivity contribution in [2.75, 3.05) is 37.8 Å². The summed E-state index contributed by atoms with van der Waals surface area (Å²) in [6.07, 6.45) is 2.36. The Kier molecular flexibility index (Phi) is 4.46. The first-order valence-electron chi connectivity index (χ1n) is 7.04. The molecule has 0 amide bonds. The van der Waals surface area contributed by atoms with Gasteiger partial charge in [-0.3, -0.25) is 0 Å². The van der Waals surface area contributed by atoms with Gasteiger partial charge in [-0.1, -0.05) is 0 Å². The highest BCUT2D eigenvalue weighted by atomic mass is 32.2. The lowest BCUT2D eigenvalue weighted by atomic mass is 10.1. The van der Waals surface area contributed by atoms with Crippen molar-refractivity contribution >= 4 is 21.4 Å². The number of benzene rings is 1. The van der Waals surface area contributed by atoms with E-state index in [1.807, 2.05) is 7.05 Å². The molecule has 0 radical (unpaired) electrons. The zero-order valence-electron chi connectivity index (χ0n) is 12.8. The lowest BCUT2D eigenvalue weighted by Gasteiger charge is -2.29. The quantitative estimate of drug-likeness (QED) is 0.801. The highest BCUT2D eigenvalue weighted by molar-refractivity contribution is 7.89. The van der Waals surface area contributed by atoms with E-state index in [2.05, 4.69) is 16.8 Å². The molecule has 2 rings (SSSR count). The molecule has 0 saturated carbocycles. The lowest BCUT2D eigenvalue weighted by molar-refractivity contribution is 0.314. The van der Waals surface area contributed by atoms with Crippen LogP contribution in [0.4, 0.5) is 11.4 Å². The van der Waals surface area contributed by atoms with Crippen molar-refractivity contribution in [2.24, 2.45) is 5.14 Å². The fourth-order valence-corrected chi connectivity index (χ4v) is 3.84. The van der Waals surface area contributed by atoms with Crippen LogP contribution < -0.4 is 15.8 Å². The zero-order chi connectivity index (χ0) is 15.8. The molecule has 6 nitrogen and oxygen atoms in total. The minimum absolute atomic E-state index is 0.101. The van der Waals surface area contributed by atoms with Crippen molar-refractivity contribution in [3.8, 4) is 0 Å². The number of rotatable bonds is 4. The van der Waals surface area contributed by atoms with Crippen LogP contribution in [0.5, 0.6) is 0 Å². The monoisotopic (exact) mass is 312 g/mol. The summed E-state index contributed by atoms with van der Waals surface area (Å²) in [5.41, 5.74) is 7.72. The van der Waals surface area contributed by atoms with Crippen molar-refractivity contribution in [2.45, 2.75) is 30.7 Å². The number of nitrogens with two attached hydrogens (primary N) is 2. The molecule has 0 spiro atoms. The first-order valence-corrected chi connectivity index (χ1v) is 8.59. The predicted molar refractivity (Wildman–Crippen MR) is 85.9 cm³/mol. The highest BCUT2D eigenvalue weighted by Gasteiger charge is 2.24. The van der Waals surface area contributed by atoms with Crippen LogP contribution >= 0.6 is 0 Å². The van der Waals surface area contributed by atoms with E-state index in [9.17, 15) is 8.42 Å². The Balaban J connectivity index is 2.32. The van der Waals surface area contributed by atoms with E-state index in [0.717, 1.165) is 25.2 Å². The van der Waals surface area contributed by atoms with Gasteiger partial charge in [-0.2, -0.15) is 0 Å². The summed E-state index contributed by atoms with van der Waals surface area (Å²) >= 11 is 0. The van der Waals surface area contributed by atoms with Crippen LogP contribution in [-0.4, -0.2) is 46.5 Å². The van der Waals surface area contributed by atoms with E-state index < -0.39 is 10.0 Å². The molecule has 118 valence electrons. The summed E-state index contributed by atoms with van der Waals surface area (Å²) in [7, 11) is 0.311. The van der Waals surface area contributed by atoms with Crippen molar-refractivity contribution in [3.63, 3.8) is 0 Å². The fourth-order valence-electron chi connectivity index (χ4n) is 3.01. The number of nitrogen functional groups attached to an aromatic ring is 1. The largest absolute Gasteiger partial charge is 0.399 e. The molecule has 1 atom stereocenters. The third-order valence-electron chi connectivity index (χ3n) is 4.23. The van der Waals surface area contributed by atoms with E-state index in [1.54, 1.807) is 13.0 Å². The van der Waals surface area contributed by atoms with Gasteiger partial charge >= 0.3 is 0 Å². The summed E-state index contributed by atoms with van der Waals surface area (Å²) in [5.74, 6) is 0. The Morgan fingerprint density at radius 2 is 2.10 bits per heavy atom. The average Bonchev–Trinajstić information content (AvgIpc) is 2.76. The first kappa shape index (κ1) is 16.1. The van der Waals surface area contributed by atoms with Crippen LogP contribution in [0.1, 0.15) is 18.4 Å². The number of sulfonamides is 1. The van der Waals surface area contributed by atoms with Gasteiger partial charge in [0.2, 0.25) is 10.0 Å². The number of likely N-dealkylation sites (tertiary alicyclic amines) is 1. The van der Waals surface area contributed by atoms with Gasteiger partial charge in [0.1, 0.15) is 0 Å². The maximum Gasteiger partial charge on any atom is 0.238 e. The normalized spacial score (nSPS) is 19.9. The SMILES string of the molecule is Cc1c(N(C)CC2CCCN2C)cc(N)cc1S(N)(=O)=O. The fraction of sp³-hybridized carbons (Fsp3) is 0.571. The third-order valence-corrected chi connectivity index (χ3v) is 5.27. The highest BCUT2D eigenvalue weighted by Crippen LogP contribution is 2.29. The molecule has 1 aliphatic rings. The van der Waals surface area contributed by atoms with E-state index in [4.69, 9.17) is 10.9 Å². The molecule has 7 heteroatoms. The second kappa shape index (κ2) is 5.82. The average molecular weight is 312 g/mol. The minimum Gasteiger partial charge on any atom is -0.399 e. The van der Waals surface area contributed by atoms with Gasteiger partial charge in [0, 0.05) is 31.0 Å². The van der Waals surface area contributed by atoms with E-state index in [1.165, 1.54) is 12.5 Å². The van der Waals surface area contributed by atoms with E-state index in [-0.39, 0.29) is 4.90 Å². The summed E-state index contributed by atoms with van der Waals surface area (Å²) < 4.78 is 23.3. The molecular formula is C14H24N4O2S. The van der Waals surface area contributed by atoms with Crippen molar-refractivity contribution in [3.05, 3.63) is 17.7 Å². The smallest absolute Gasteiger partial charge is 0.238 e. The molecule has 0 aliphatic carbocycles. The number of nitrogens with zero attached hydrogens (tertiary/aromatic N) is 2. The van der Waals surface area contributed by atoms with Gasteiger partial charge in [-0.05, 0) is 51.1 Å². The molecular weight excluding hydrogens is 288 g/mol. The van der Waals surface area contributed by atoms with E-state index in [0.29, 0.717) is 17.3 Å². The Morgan fingerprint density at radius 3 is 2.62 bits per heavy atom. The maximum absolute atomic E-state index is 11.7. The number of likely N-dealkylation sites (N-methyl/N-ethyl adjacent to an activating group) is 2. The zero-order valence-corrected chi connectivity index (χ0v) is 13.7. The van der Waals surface area contributed by atoms with Crippen LogP contribution in [0.25, 0.3) is 0 Å². The molecule has 1 fully saturated rings. The molecule has 1 heterocycles. The van der Waals surface area contributed by atoms with Crippen LogP contribution in [0.2, 0.25) is 0 Å². The summed E-state index contributed by atoms with van der Waals surface area (Å²) in [5, 5.41) is 5.27. The molecule has 1 unspecified atom stereocenters. The minimum atomic E-state index is -3.77. The van der Waals surface area contributed by atoms with Gasteiger partial charge in [-0.15, -0.1) is 0 Å². The Morgan fingerprint density at radius 1 is 1.43 bits per heavy atom. The summed E-state index contributed by atoms with van der Waals surface area (Å²) in [4.78, 5) is 4.50. The van der Waals surface area contributed by atoms with Gasteiger partial charge in [0.05, 0.1) is 4.90 Å². The number of hydrogen-bond acceptors (Lipinski definition) is 5. The van der Waals surface area contributed by atoms with Crippen molar-refractivity contribution in [1.29, 1.82) is 0 Å². The standard InChI is InChI=1S/C14H24N4O2S/c1-10-13(7-11(15)8-14(10)21(16,19)20)18(3)9-12-5-4-6-17(12)2/h7-8,12H,4-6,9,15H2,1-3H3,(H2,16,19,20). The van der Waals surface area contributed by atoms with Crippen LogP contribution in [-0.2, 0) is 10.0 Å². The van der Waals surface area contributed by atoms with Crippen molar-refractivity contribution < 1.29 is 8.42 Å². The van der Waals surface area contributed by atoms with Gasteiger partial charge in [-0.25, -0.2) is 13.6 Å². The Bertz CT molecular complexity index is 630. The maximum atomic E-state index is 11.7. The number of hydrogen-bond donors (Lipinski definition) is 2. The topological polar surface area (TPSA) is 92.7 Å². The summed E-state index contributed by atoms with van der Waals surface area (Å²) in [6.45, 7) is 3.71. The lowest BCUT2D eigenvalue weighted by Crippen LogP contribution is -2.37. The van der Waals surface area contributed by atoms with Crippen LogP contribution in [0.3, 0.4) is 0 Å². The second-order valence-corrected chi connectivity index (χ2v) is 7.40. The van der Waals surface area contributed by atoms with Crippen LogP contribution in [0, 0.1) is 6.92 Å². The predicted octanol–water partition coefficient (Wildman–Crippen LogP) is 0.755. The molecule has 1 aromatic carbocycles. The van der Waals surface area contributed by atoms with Gasteiger partial charge in [0.25, 0.3) is 0 Å². The third kappa shape index (κ3) is 3.48. The van der Waals surface area contributed by atoms with E-state index >= 15 is 0 Å². The molecule has 21 heavy (non-hydrogen) atoms. The molecule has 1 aliphatic heterocycles. The van der Waals surface area contributed by atoms with Gasteiger partial charge in [0.15, 0.2) is 0 Å². The summed E-state index contributed by atoms with van der Waals surface area (Å²) in [6, 6.07) is 3.71. The molecule has 1 aromatic rings. The molecule has 1 saturated heterocycles. The Hall–Kier alpha value is -1.31. The number of anilines is 2. The number of primary sulfonamides is 1.